The predicted molar refractivity (Wildman–Crippen MR) is 104 cm³/mol. The Balaban J connectivity index is 1.70. The smallest absolute Gasteiger partial charge is 0.416 e. The van der Waals surface area contributed by atoms with Gasteiger partial charge in [-0.05, 0) is 54.6 Å². The first-order chi connectivity index (χ1) is 14.3. The third kappa shape index (κ3) is 4.88. The molecule has 0 bridgehead atoms. The topological polar surface area (TPSA) is 87.7 Å². The fraction of sp³-hybridized carbons (Fsp3) is 0.0476. The van der Waals surface area contributed by atoms with E-state index in [1.807, 2.05) is 0 Å². The number of aromatic hydroxyl groups is 1. The van der Waals surface area contributed by atoms with Gasteiger partial charge in [0.2, 0.25) is 6.41 Å². The number of rotatable bonds is 6. The Labute approximate surface area is 168 Å². The van der Waals surface area contributed by atoms with Crippen molar-refractivity contribution < 1.29 is 32.6 Å². The second kappa shape index (κ2) is 8.56. The molecule has 0 aliphatic rings. The minimum Gasteiger partial charge on any atom is -0.505 e. The van der Waals surface area contributed by atoms with Crippen molar-refractivity contribution in [3.05, 3.63) is 77.9 Å². The van der Waals surface area contributed by atoms with E-state index in [0.29, 0.717) is 12.1 Å². The van der Waals surface area contributed by atoms with Gasteiger partial charge >= 0.3 is 6.18 Å². The number of carbonyl (C=O) groups excluding carboxylic acids is 2. The molecule has 0 aliphatic carbocycles. The first-order valence-corrected chi connectivity index (χ1v) is 8.56. The van der Waals surface area contributed by atoms with Crippen molar-refractivity contribution in [2.24, 2.45) is 0 Å². The molecule has 0 saturated heterocycles. The maximum absolute atomic E-state index is 12.8. The van der Waals surface area contributed by atoms with Crippen molar-refractivity contribution in [2.75, 3.05) is 10.6 Å². The summed E-state index contributed by atoms with van der Waals surface area (Å²) in [6.45, 7) is 0. The van der Waals surface area contributed by atoms with Gasteiger partial charge in [0.05, 0.1) is 16.8 Å². The van der Waals surface area contributed by atoms with Crippen LogP contribution in [0.2, 0.25) is 0 Å². The molecule has 2 amide bonds. The fourth-order valence-corrected chi connectivity index (χ4v) is 2.58. The van der Waals surface area contributed by atoms with Gasteiger partial charge in [0.15, 0.2) is 5.75 Å². The minimum atomic E-state index is -4.47. The van der Waals surface area contributed by atoms with Crippen LogP contribution in [0.5, 0.6) is 17.2 Å². The zero-order valence-electron chi connectivity index (χ0n) is 15.2. The second-order valence-electron chi connectivity index (χ2n) is 6.07. The number of halogens is 3. The van der Waals surface area contributed by atoms with Crippen molar-refractivity contribution in [1.29, 1.82) is 0 Å². The quantitative estimate of drug-likeness (QED) is 0.389. The number of phenolic OH excluding ortho intramolecular Hbond substituents is 1. The summed E-state index contributed by atoms with van der Waals surface area (Å²) in [7, 11) is 0. The fourth-order valence-electron chi connectivity index (χ4n) is 2.58. The summed E-state index contributed by atoms with van der Waals surface area (Å²) in [6.07, 6.45) is -4.10. The summed E-state index contributed by atoms with van der Waals surface area (Å²) in [5, 5.41) is 14.9. The minimum absolute atomic E-state index is 0.0195. The van der Waals surface area contributed by atoms with Gasteiger partial charge in [-0.2, -0.15) is 13.2 Å². The van der Waals surface area contributed by atoms with E-state index >= 15 is 0 Å². The van der Waals surface area contributed by atoms with Gasteiger partial charge in [-0.3, -0.25) is 9.59 Å². The molecule has 0 saturated carbocycles. The summed E-state index contributed by atoms with van der Waals surface area (Å²) < 4.78 is 43.8. The van der Waals surface area contributed by atoms with Crippen molar-refractivity contribution in [1.82, 2.24) is 0 Å². The van der Waals surface area contributed by atoms with E-state index in [-0.39, 0.29) is 28.5 Å². The number of anilines is 2. The maximum Gasteiger partial charge on any atom is 0.416 e. The van der Waals surface area contributed by atoms with Gasteiger partial charge in [-0.25, -0.2) is 0 Å². The lowest BCUT2D eigenvalue weighted by atomic mass is 10.1. The number of ether oxygens (including phenoxy) is 1. The lowest BCUT2D eigenvalue weighted by molar-refractivity contribution is -0.137. The molecule has 154 valence electrons. The Hall–Kier alpha value is -4.01. The molecule has 6 nitrogen and oxygen atoms in total. The molecular weight excluding hydrogens is 401 g/mol. The number of para-hydroxylation sites is 1. The SMILES string of the molecule is O=CNc1cccc(C(=O)Nc2ccc(Oc3cccc(C(F)(F)F)c3)cc2)c1O. The number of alkyl halides is 3. The molecular formula is C21H15F3N2O4. The van der Waals surface area contributed by atoms with E-state index in [1.165, 1.54) is 54.6 Å². The Kier molecular flexibility index (Phi) is 5.91. The first-order valence-electron chi connectivity index (χ1n) is 8.56. The molecule has 0 atom stereocenters. The van der Waals surface area contributed by atoms with Crippen LogP contribution < -0.4 is 15.4 Å². The molecule has 3 N–H and O–H groups in total. The Bertz CT molecular complexity index is 1070. The van der Waals surface area contributed by atoms with Crippen LogP contribution in [0.1, 0.15) is 15.9 Å². The Morgan fingerprint density at radius 1 is 0.967 bits per heavy atom. The highest BCUT2D eigenvalue weighted by Crippen LogP contribution is 2.33. The van der Waals surface area contributed by atoms with Gasteiger partial charge in [-0.1, -0.05) is 12.1 Å². The number of phenols is 1. The average molecular weight is 416 g/mol. The molecule has 3 rings (SSSR count). The van der Waals surface area contributed by atoms with Gasteiger partial charge < -0.3 is 20.5 Å². The highest BCUT2D eigenvalue weighted by Gasteiger charge is 2.30. The summed E-state index contributed by atoms with van der Waals surface area (Å²) in [5.41, 5.74) is -0.423. The molecule has 3 aromatic rings. The van der Waals surface area contributed by atoms with Crippen LogP contribution in [0.25, 0.3) is 0 Å². The third-order valence-electron chi connectivity index (χ3n) is 4.00. The lowest BCUT2D eigenvalue weighted by Gasteiger charge is -2.11. The van der Waals surface area contributed by atoms with E-state index in [9.17, 15) is 27.9 Å². The van der Waals surface area contributed by atoms with Gasteiger partial charge in [-0.15, -0.1) is 0 Å². The van der Waals surface area contributed by atoms with Crippen molar-refractivity contribution in [2.45, 2.75) is 6.18 Å². The molecule has 30 heavy (non-hydrogen) atoms. The zero-order chi connectivity index (χ0) is 21.7. The van der Waals surface area contributed by atoms with E-state index < -0.39 is 17.6 Å². The van der Waals surface area contributed by atoms with E-state index in [2.05, 4.69) is 10.6 Å². The molecule has 0 radical (unpaired) electrons. The number of nitrogens with one attached hydrogen (secondary N) is 2. The standard InChI is InChI=1S/C21H15F3N2O4/c22-21(23,24)13-3-1-4-16(11-13)30-15-9-7-14(8-10-15)26-20(29)17-5-2-6-18(19(17)28)25-12-27/h1-12,28H,(H,25,27)(H,26,29). The van der Waals surface area contributed by atoms with Crippen LogP contribution in [0.3, 0.4) is 0 Å². The van der Waals surface area contributed by atoms with E-state index in [1.54, 1.807) is 0 Å². The average Bonchev–Trinajstić information content (AvgIpc) is 2.71. The molecule has 9 heteroatoms. The number of amides is 2. The number of carbonyl (C=O) groups is 2. The normalized spacial score (nSPS) is 10.9. The van der Waals surface area contributed by atoms with Crippen LogP contribution in [-0.2, 0) is 11.0 Å². The summed E-state index contributed by atoms with van der Waals surface area (Å²) in [5.74, 6) is -0.710. The monoisotopic (exact) mass is 416 g/mol. The summed E-state index contributed by atoms with van der Waals surface area (Å²) in [6, 6.07) is 14.7. The van der Waals surface area contributed by atoms with Crippen LogP contribution in [0, 0.1) is 0 Å². The van der Waals surface area contributed by atoms with Crippen LogP contribution in [-0.4, -0.2) is 17.4 Å². The first kappa shape index (κ1) is 20.7. The molecule has 0 aliphatic heterocycles. The highest BCUT2D eigenvalue weighted by molar-refractivity contribution is 6.07. The predicted octanol–water partition coefficient (Wildman–Crippen LogP) is 5.02. The molecule has 0 aromatic heterocycles. The molecule has 0 fully saturated rings. The number of hydrogen-bond acceptors (Lipinski definition) is 4. The van der Waals surface area contributed by atoms with Crippen molar-refractivity contribution in [3.63, 3.8) is 0 Å². The van der Waals surface area contributed by atoms with Gasteiger partial charge in [0, 0.05) is 5.69 Å². The van der Waals surface area contributed by atoms with E-state index in [4.69, 9.17) is 4.74 Å². The van der Waals surface area contributed by atoms with Gasteiger partial charge in [0.25, 0.3) is 5.91 Å². The molecule has 0 unspecified atom stereocenters. The lowest BCUT2D eigenvalue weighted by Crippen LogP contribution is -2.12. The van der Waals surface area contributed by atoms with Crippen molar-refractivity contribution >= 4 is 23.7 Å². The molecule has 0 spiro atoms. The van der Waals surface area contributed by atoms with Crippen LogP contribution in [0.4, 0.5) is 24.5 Å². The maximum atomic E-state index is 12.8. The van der Waals surface area contributed by atoms with Crippen molar-refractivity contribution in [3.8, 4) is 17.2 Å². The molecule has 3 aromatic carbocycles. The summed E-state index contributed by atoms with van der Waals surface area (Å²) >= 11 is 0. The zero-order valence-corrected chi connectivity index (χ0v) is 15.2. The Morgan fingerprint density at radius 3 is 2.33 bits per heavy atom. The van der Waals surface area contributed by atoms with Gasteiger partial charge in [0.1, 0.15) is 11.5 Å². The molecule has 0 heterocycles. The largest absolute Gasteiger partial charge is 0.505 e. The number of benzene rings is 3. The third-order valence-corrected chi connectivity index (χ3v) is 4.00. The second-order valence-corrected chi connectivity index (χ2v) is 6.07. The number of hydrogen-bond donors (Lipinski definition) is 3. The summed E-state index contributed by atoms with van der Waals surface area (Å²) in [4.78, 5) is 22.9. The Morgan fingerprint density at radius 2 is 1.67 bits per heavy atom. The van der Waals surface area contributed by atoms with Crippen LogP contribution >= 0.6 is 0 Å². The highest BCUT2D eigenvalue weighted by atomic mass is 19.4. The van der Waals surface area contributed by atoms with E-state index in [0.717, 1.165) is 12.1 Å². The van der Waals surface area contributed by atoms with Crippen LogP contribution in [0.15, 0.2) is 66.7 Å².